The molecule has 3 N–H and O–H groups in total. The molecule has 0 aromatic carbocycles. The summed E-state index contributed by atoms with van der Waals surface area (Å²) in [6, 6.07) is 0.575. The summed E-state index contributed by atoms with van der Waals surface area (Å²) in [4.78, 5) is 14.0. The van der Waals surface area contributed by atoms with Gasteiger partial charge in [-0.15, -0.1) is 0 Å². The van der Waals surface area contributed by atoms with Crippen molar-refractivity contribution in [1.29, 1.82) is 0 Å². The third-order valence-electron chi connectivity index (χ3n) is 4.06. The number of nitrogens with zero attached hydrogens (tertiary/aromatic N) is 1. The lowest BCUT2D eigenvalue weighted by Gasteiger charge is -2.23. The zero-order valence-electron chi connectivity index (χ0n) is 13.2. The number of hydrogen-bond donors (Lipinski definition) is 2. The number of hydrogen-bond acceptors (Lipinski definition) is 3. The van der Waals surface area contributed by atoms with Crippen LogP contribution in [0.15, 0.2) is 0 Å². The first-order valence-electron chi connectivity index (χ1n) is 7.72. The molecule has 114 valence electrons. The van der Waals surface area contributed by atoms with Gasteiger partial charge in [0.2, 0.25) is 5.91 Å². The molecule has 0 aliphatic heterocycles. The maximum Gasteiger partial charge on any atom is 0.220 e. The molecule has 0 heterocycles. The van der Waals surface area contributed by atoms with Crippen LogP contribution in [-0.2, 0) is 4.79 Å². The van der Waals surface area contributed by atoms with Crippen LogP contribution in [0, 0.1) is 5.92 Å². The molecule has 2 atom stereocenters. The van der Waals surface area contributed by atoms with E-state index in [2.05, 4.69) is 38.0 Å². The second-order valence-corrected chi connectivity index (χ2v) is 5.48. The molecule has 0 aliphatic carbocycles. The van der Waals surface area contributed by atoms with E-state index in [0.717, 1.165) is 45.3 Å². The van der Waals surface area contributed by atoms with Crippen molar-refractivity contribution < 1.29 is 4.79 Å². The van der Waals surface area contributed by atoms with Crippen molar-refractivity contribution in [2.75, 3.05) is 26.7 Å². The summed E-state index contributed by atoms with van der Waals surface area (Å²) in [7, 11) is 2.11. The smallest absolute Gasteiger partial charge is 0.220 e. The summed E-state index contributed by atoms with van der Waals surface area (Å²) < 4.78 is 0. The van der Waals surface area contributed by atoms with Gasteiger partial charge in [-0.3, -0.25) is 4.79 Å². The number of carbonyl (C=O) groups excluding carboxylic acids is 1. The Morgan fingerprint density at radius 3 is 2.47 bits per heavy atom. The van der Waals surface area contributed by atoms with Gasteiger partial charge in [-0.25, -0.2) is 0 Å². The van der Waals surface area contributed by atoms with Crippen LogP contribution in [-0.4, -0.2) is 43.5 Å². The van der Waals surface area contributed by atoms with Crippen LogP contribution in [0.25, 0.3) is 0 Å². The van der Waals surface area contributed by atoms with Gasteiger partial charge in [0, 0.05) is 25.6 Å². The topological polar surface area (TPSA) is 58.4 Å². The van der Waals surface area contributed by atoms with Crippen LogP contribution in [0.4, 0.5) is 0 Å². The highest BCUT2D eigenvalue weighted by molar-refractivity contribution is 5.75. The number of likely N-dealkylation sites (N-methyl/N-ethyl adjacent to an activating group) is 1. The third-order valence-corrected chi connectivity index (χ3v) is 4.06. The van der Waals surface area contributed by atoms with Gasteiger partial charge in [-0.1, -0.05) is 20.3 Å². The number of nitrogens with two attached hydrogens (primary N) is 1. The largest absolute Gasteiger partial charge is 0.355 e. The maximum atomic E-state index is 11.7. The lowest BCUT2D eigenvalue weighted by atomic mass is 9.96. The number of carbonyl (C=O) groups is 1. The number of nitrogens with one attached hydrogen (secondary N) is 1. The van der Waals surface area contributed by atoms with Crippen molar-refractivity contribution in [1.82, 2.24) is 10.2 Å². The molecule has 0 saturated carbocycles. The van der Waals surface area contributed by atoms with E-state index in [9.17, 15) is 4.79 Å². The molecule has 0 spiro atoms. The SMILES string of the molecule is CCC(CCN)CCC(=O)NCCN(C)C(C)CC. The summed E-state index contributed by atoms with van der Waals surface area (Å²) in [5.41, 5.74) is 5.56. The molecule has 0 radical (unpaired) electrons. The zero-order chi connectivity index (χ0) is 14.7. The summed E-state index contributed by atoms with van der Waals surface area (Å²) >= 11 is 0. The van der Waals surface area contributed by atoms with Crippen molar-refractivity contribution in [2.45, 2.75) is 58.9 Å². The monoisotopic (exact) mass is 271 g/mol. The molecule has 0 bridgehead atoms. The predicted molar refractivity (Wildman–Crippen MR) is 82.1 cm³/mol. The molecule has 0 aromatic rings. The summed E-state index contributed by atoms with van der Waals surface area (Å²) in [5, 5.41) is 3.00. The Bertz CT molecular complexity index is 233. The Balaban J connectivity index is 3.69. The fourth-order valence-electron chi connectivity index (χ4n) is 2.12. The van der Waals surface area contributed by atoms with E-state index in [1.165, 1.54) is 0 Å². The minimum absolute atomic E-state index is 0.174. The molecule has 0 rings (SSSR count). The second kappa shape index (κ2) is 11.2. The Hall–Kier alpha value is -0.610. The highest BCUT2D eigenvalue weighted by Crippen LogP contribution is 2.14. The lowest BCUT2D eigenvalue weighted by molar-refractivity contribution is -0.121. The van der Waals surface area contributed by atoms with Crippen LogP contribution in [0.1, 0.15) is 52.9 Å². The average molecular weight is 271 g/mol. The Kier molecular flexibility index (Phi) is 10.9. The van der Waals surface area contributed by atoms with Crippen molar-refractivity contribution in [3.8, 4) is 0 Å². The normalized spacial score (nSPS) is 14.4. The minimum Gasteiger partial charge on any atom is -0.355 e. The van der Waals surface area contributed by atoms with Gasteiger partial charge >= 0.3 is 0 Å². The van der Waals surface area contributed by atoms with Gasteiger partial charge in [0.15, 0.2) is 0 Å². The van der Waals surface area contributed by atoms with Crippen molar-refractivity contribution in [2.24, 2.45) is 11.7 Å². The van der Waals surface area contributed by atoms with Crippen LogP contribution in [0.5, 0.6) is 0 Å². The molecule has 0 fully saturated rings. The molecule has 0 aliphatic rings. The van der Waals surface area contributed by atoms with Crippen LogP contribution in [0.2, 0.25) is 0 Å². The molecule has 4 nitrogen and oxygen atoms in total. The van der Waals surface area contributed by atoms with E-state index in [0.29, 0.717) is 18.4 Å². The van der Waals surface area contributed by atoms with Crippen molar-refractivity contribution in [3.05, 3.63) is 0 Å². The Morgan fingerprint density at radius 1 is 1.26 bits per heavy atom. The van der Waals surface area contributed by atoms with Crippen LogP contribution < -0.4 is 11.1 Å². The molecule has 2 unspecified atom stereocenters. The molecule has 0 aromatic heterocycles. The maximum absolute atomic E-state index is 11.7. The average Bonchev–Trinajstić information content (AvgIpc) is 2.42. The highest BCUT2D eigenvalue weighted by atomic mass is 16.1. The number of amides is 1. The Labute approximate surface area is 119 Å². The van der Waals surface area contributed by atoms with Gasteiger partial charge in [-0.05, 0) is 45.7 Å². The second-order valence-electron chi connectivity index (χ2n) is 5.48. The van der Waals surface area contributed by atoms with E-state index < -0.39 is 0 Å². The standard InChI is InChI=1S/C15H33N3O/c1-5-13(3)18(4)12-11-17-15(19)8-7-14(6-2)9-10-16/h13-14H,5-12,16H2,1-4H3,(H,17,19). The van der Waals surface area contributed by atoms with Crippen LogP contribution >= 0.6 is 0 Å². The summed E-state index contributed by atoms with van der Waals surface area (Å²) in [6.07, 6.45) is 4.87. The van der Waals surface area contributed by atoms with E-state index >= 15 is 0 Å². The molecule has 19 heavy (non-hydrogen) atoms. The van der Waals surface area contributed by atoms with Gasteiger partial charge in [0.1, 0.15) is 0 Å². The fraction of sp³-hybridized carbons (Fsp3) is 0.933. The van der Waals surface area contributed by atoms with Crippen molar-refractivity contribution in [3.63, 3.8) is 0 Å². The highest BCUT2D eigenvalue weighted by Gasteiger charge is 2.10. The van der Waals surface area contributed by atoms with Crippen LogP contribution in [0.3, 0.4) is 0 Å². The number of rotatable bonds is 11. The van der Waals surface area contributed by atoms with Gasteiger partial charge in [-0.2, -0.15) is 0 Å². The first kappa shape index (κ1) is 18.4. The first-order valence-corrected chi connectivity index (χ1v) is 7.72. The van der Waals surface area contributed by atoms with E-state index in [1.54, 1.807) is 0 Å². The van der Waals surface area contributed by atoms with Gasteiger partial charge in [0.25, 0.3) is 0 Å². The first-order chi connectivity index (χ1) is 9.04. The fourth-order valence-corrected chi connectivity index (χ4v) is 2.12. The Morgan fingerprint density at radius 2 is 1.95 bits per heavy atom. The molecule has 4 heteroatoms. The summed E-state index contributed by atoms with van der Waals surface area (Å²) in [6.45, 7) is 8.94. The van der Waals surface area contributed by atoms with E-state index in [4.69, 9.17) is 5.73 Å². The van der Waals surface area contributed by atoms with E-state index in [1.807, 2.05) is 0 Å². The van der Waals surface area contributed by atoms with Crippen molar-refractivity contribution >= 4 is 5.91 Å². The van der Waals surface area contributed by atoms with Gasteiger partial charge < -0.3 is 16.0 Å². The lowest BCUT2D eigenvalue weighted by Crippen LogP contribution is -2.37. The predicted octanol–water partition coefficient (Wildman–Crippen LogP) is 1.99. The molecule has 1 amide bonds. The van der Waals surface area contributed by atoms with E-state index in [-0.39, 0.29) is 5.91 Å². The summed E-state index contributed by atoms with van der Waals surface area (Å²) in [5.74, 6) is 0.770. The minimum atomic E-state index is 0.174. The quantitative estimate of drug-likeness (QED) is 0.604. The molecule has 0 saturated heterocycles. The van der Waals surface area contributed by atoms with Gasteiger partial charge in [0.05, 0.1) is 0 Å². The molecular formula is C15H33N3O. The molecular weight excluding hydrogens is 238 g/mol. The third kappa shape index (κ3) is 9.00. The zero-order valence-corrected chi connectivity index (χ0v) is 13.2.